The van der Waals surface area contributed by atoms with E-state index in [2.05, 4.69) is 40.3 Å². The second-order valence-electron chi connectivity index (χ2n) is 4.45. The van der Waals surface area contributed by atoms with Crippen LogP contribution in [0.4, 0.5) is 0 Å². The number of methoxy groups -OCH3 is 1. The van der Waals surface area contributed by atoms with Gasteiger partial charge in [0.1, 0.15) is 5.76 Å². The molecule has 0 aliphatic heterocycles. The molecule has 4 heteroatoms. The fourth-order valence-corrected chi connectivity index (χ4v) is 2.27. The molecule has 1 heterocycles. The van der Waals surface area contributed by atoms with Crippen LogP contribution < -0.4 is 5.32 Å². The highest BCUT2D eigenvalue weighted by Gasteiger charge is 2.10. The Balaban J connectivity index is 1.98. The van der Waals surface area contributed by atoms with Crippen molar-refractivity contribution in [2.24, 2.45) is 0 Å². The van der Waals surface area contributed by atoms with Gasteiger partial charge in [-0.3, -0.25) is 0 Å². The molecular formula is C15H18BrNO2. The first-order valence-electron chi connectivity index (χ1n) is 6.25. The Morgan fingerprint density at radius 1 is 1.21 bits per heavy atom. The normalized spacial score (nSPS) is 12.6. The van der Waals surface area contributed by atoms with E-state index in [1.807, 2.05) is 24.3 Å². The summed E-state index contributed by atoms with van der Waals surface area (Å²) >= 11 is 3.32. The van der Waals surface area contributed by atoms with Gasteiger partial charge in [-0.25, -0.2) is 0 Å². The molecule has 3 nitrogen and oxygen atoms in total. The van der Waals surface area contributed by atoms with Crippen LogP contribution in [-0.2, 0) is 17.9 Å². The minimum Gasteiger partial charge on any atom is -0.453 e. The molecule has 0 spiro atoms. The van der Waals surface area contributed by atoms with E-state index in [1.165, 1.54) is 11.1 Å². The lowest BCUT2D eigenvalue weighted by molar-refractivity contribution is 0.184. The molecular weight excluding hydrogens is 306 g/mol. The number of hydrogen-bond donors (Lipinski definition) is 1. The molecule has 0 aliphatic rings. The summed E-state index contributed by atoms with van der Waals surface area (Å²) in [5.74, 6) is 0.927. The maximum Gasteiger partial charge on any atom is 0.169 e. The van der Waals surface area contributed by atoms with Crippen LogP contribution in [0.5, 0.6) is 0 Å². The summed E-state index contributed by atoms with van der Waals surface area (Å²) in [6, 6.07) is 12.3. The Labute approximate surface area is 122 Å². The summed E-state index contributed by atoms with van der Waals surface area (Å²) in [6.07, 6.45) is 0. The lowest BCUT2D eigenvalue weighted by Crippen LogP contribution is -2.18. The molecule has 0 radical (unpaired) electrons. The van der Waals surface area contributed by atoms with Crippen LogP contribution in [0.25, 0.3) is 0 Å². The van der Waals surface area contributed by atoms with Crippen molar-refractivity contribution in [3.63, 3.8) is 0 Å². The minimum absolute atomic E-state index is 0.168. The van der Waals surface area contributed by atoms with E-state index in [0.717, 1.165) is 17.0 Å². The molecule has 1 N–H and O–H groups in total. The smallest absolute Gasteiger partial charge is 0.169 e. The molecule has 2 rings (SSSR count). The quantitative estimate of drug-likeness (QED) is 0.871. The average molecular weight is 324 g/mol. The maximum absolute atomic E-state index is 5.54. The largest absolute Gasteiger partial charge is 0.453 e. The van der Waals surface area contributed by atoms with E-state index in [1.54, 1.807) is 7.11 Å². The summed E-state index contributed by atoms with van der Waals surface area (Å²) in [6.45, 7) is 3.52. The van der Waals surface area contributed by atoms with Crippen molar-refractivity contribution in [3.05, 3.63) is 58.0 Å². The number of hydrogen-bond acceptors (Lipinski definition) is 3. The molecule has 1 aromatic carbocycles. The van der Waals surface area contributed by atoms with Crippen molar-refractivity contribution in [1.29, 1.82) is 0 Å². The van der Waals surface area contributed by atoms with Gasteiger partial charge in [-0.05, 0) is 46.1 Å². The van der Waals surface area contributed by atoms with Crippen LogP contribution in [0, 0.1) is 0 Å². The second-order valence-corrected chi connectivity index (χ2v) is 5.23. The fraction of sp³-hybridized carbons (Fsp3) is 0.333. The molecule has 0 bridgehead atoms. The van der Waals surface area contributed by atoms with Gasteiger partial charge in [0.15, 0.2) is 4.67 Å². The molecule has 1 aromatic heterocycles. The van der Waals surface area contributed by atoms with Crippen LogP contribution in [0.15, 0.2) is 45.5 Å². The van der Waals surface area contributed by atoms with Crippen molar-refractivity contribution >= 4 is 15.9 Å². The summed E-state index contributed by atoms with van der Waals surface area (Å²) in [7, 11) is 1.72. The third-order valence-corrected chi connectivity index (χ3v) is 3.46. The molecule has 19 heavy (non-hydrogen) atoms. The first kappa shape index (κ1) is 14.3. The Kier molecular flexibility index (Phi) is 5.19. The van der Waals surface area contributed by atoms with Gasteiger partial charge in [0.2, 0.25) is 0 Å². The third kappa shape index (κ3) is 3.93. The van der Waals surface area contributed by atoms with Gasteiger partial charge in [0.05, 0.1) is 12.6 Å². The molecule has 0 fully saturated rings. The molecule has 0 saturated heterocycles. The monoisotopic (exact) mass is 323 g/mol. The van der Waals surface area contributed by atoms with Gasteiger partial charge in [0.25, 0.3) is 0 Å². The predicted octanol–water partition coefficient (Wildman–Crippen LogP) is 4.04. The molecule has 102 valence electrons. The Morgan fingerprint density at radius 3 is 2.58 bits per heavy atom. The standard InChI is InChI=1S/C15H18BrNO2/c1-11(14-7-8-15(16)19-14)17-9-12-5-3-4-6-13(12)10-18-2/h3-8,11,17H,9-10H2,1-2H3. The topological polar surface area (TPSA) is 34.4 Å². The Hall–Kier alpha value is -1.10. The summed E-state index contributed by atoms with van der Waals surface area (Å²) in [4.78, 5) is 0. The van der Waals surface area contributed by atoms with Crippen molar-refractivity contribution < 1.29 is 9.15 Å². The second kappa shape index (κ2) is 6.89. The lowest BCUT2D eigenvalue weighted by Gasteiger charge is -2.14. The van der Waals surface area contributed by atoms with Crippen molar-refractivity contribution in [2.75, 3.05) is 7.11 Å². The lowest BCUT2D eigenvalue weighted by atomic mass is 10.1. The van der Waals surface area contributed by atoms with E-state index in [0.29, 0.717) is 6.61 Å². The van der Waals surface area contributed by atoms with E-state index in [4.69, 9.17) is 9.15 Å². The van der Waals surface area contributed by atoms with E-state index < -0.39 is 0 Å². The number of nitrogens with one attached hydrogen (secondary N) is 1. The number of ether oxygens (including phenoxy) is 1. The minimum atomic E-state index is 0.168. The highest BCUT2D eigenvalue weighted by molar-refractivity contribution is 9.10. The highest BCUT2D eigenvalue weighted by atomic mass is 79.9. The fourth-order valence-electron chi connectivity index (χ4n) is 1.95. The zero-order valence-corrected chi connectivity index (χ0v) is 12.7. The number of benzene rings is 1. The first-order valence-corrected chi connectivity index (χ1v) is 7.04. The SMILES string of the molecule is COCc1ccccc1CNC(C)c1ccc(Br)o1. The van der Waals surface area contributed by atoms with Crippen LogP contribution >= 0.6 is 15.9 Å². The summed E-state index contributed by atoms with van der Waals surface area (Å²) in [5, 5.41) is 3.46. The molecule has 0 saturated carbocycles. The summed E-state index contributed by atoms with van der Waals surface area (Å²) in [5.41, 5.74) is 2.46. The molecule has 2 aromatic rings. The van der Waals surface area contributed by atoms with Crippen LogP contribution in [-0.4, -0.2) is 7.11 Å². The average Bonchev–Trinajstić information content (AvgIpc) is 2.84. The number of rotatable bonds is 6. The molecule has 0 amide bonds. The first-order chi connectivity index (χ1) is 9.20. The van der Waals surface area contributed by atoms with Gasteiger partial charge in [-0.2, -0.15) is 0 Å². The van der Waals surface area contributed by atoms with Crippen LogP contribution in [0.1, 0.15) is 29.9 Å². The maximum atomic E-state index is 5.54. The zero-order chi connectivity index (χ0) is 13.7. The highest BCUT2D eigenvalue weighted by Crippen LogP contribution is 2.20. The van der Waals surface area contributed by atoms with Crippen molar-refractivity contribution in [2.45, 2.75) is 26.1 Å². The van der Waals surface area contributed by atoms with Crippen LogP contribution in [0.2, 0.25) is 0 Å². The molecule has 1 unspecified atom stereocenters. The van der Waals surface area contributed by atoms with Crippen molar-refractivity contribution in [3.8, 4) is 0 Å². The van der Waals surface area contributed by atoms with E-state index in [-0.39, 0.29) is 6.04 Å². The van der Waals surface area contributed by atoms with Gasteiger partial charge in [0, 0.05) is 13.7 Å². The van der Waals surface area contributed by atoms with Crippen molar-refractivity contribution in [1.82, 2.24) is 5.32 Å². The zero-order valence-electron chi connectivity index (χ0n) is 11.2. The van der Waals surface area contributed by atoms with E-state index >= 15 is 0 Å². The third-order valence-electron chi connectivity index (χ3n) is 3.04. The van der Waals surface area contributed by atoms with Gasteiger partial charge in [-0.15, -0.1) is 0 Å². The predicted molar refractivity (Wildman–Crippen MR) is 78.8 cm³/mol. The van der Waals surface area contributed by atoms with Gasteiger partial charge in [-0.1, -0.05) is 24.3 Å². The van der Waals surface area contributed by atoms with Gasteiger partial charge >= 0.3 is 0 Å². The Bertz CT molecular complexity index is 524. The van der Waals surface area contributed by atoms with Crippen LogP contribution in [0.3, 0.4) is 0 Å². The number of furan rings is 1. The summed E-state index contributed by atoms with van der Waals surface area (Å²) < 4.78 is 11.5. The molecule has 1 atom stereocenters. The Morgan fingerprint density at radius 2 is 1.95 bits per heavy atom. The molecule has 0 aliphatic carbocycles. The van der Waals surface area contributed by atoms with E-state index in [9.17, 15) is 0 Å². The van der Waals surface area contributed by atoms with Gasteiger partial charge < -0.3 is 14.5 Å². The number of halogens is 1.